The third kappa shape index (κ3) is 4.29. The zero-order valence-corrected chi connectivity index (χ0v) is 20.3. The molecule has 0 aliphatic carbocycles. The summed E-state index contributed by atoms with van der Waals surface area (Å²) in [6.45, 7) is 3.83. The fraction of sp³-hybridized carbons (Fsp3) is 0.0769. The Labute approximate surface area is 207 Å². The zero-order chi connectivity index (χ0) is 25.4. The average Bonchev–Trinajstić information content (AvgIpc) is 3.21. The fourth-order valence-corrected chi connectivity index (χ4v) is 4.74. The van der Waals surface area contributed by atoms with E-state index in [-0.39, 0.29) is 33.5 Å². The number of fused-ring (bicyclic) bond motifs is 1. The molecule has 0 saturated heterocycles. The smallest absolute Gasteiger partial charge is 0.269 e. The number of nitrogens with two attached hydrogens (primary N) is 1. The van der Waals surface area contributed by atoms with Crippen molar-refractivity contribution in [1.29, 1.82) is 0 Å². The van der Waals surface area contributed by atoms with Crippen molar-refractivity contribution in [1.82, 2.24) is 19.5 Å². The van der Waals surface area contributed by atoms with Gasteiger partial charge in [0.15, 0.2) is 17.2 Å². The summed E-state index contributed by atoms with van der Waals surface area (Å²) in [5, 5.41) is 0. The SMILES string of the molecule is Cc1ccc(-c2nc(C(N)=O)c3nc(NS(=O)(=O)c4ccc(C)cc4)n(-c4ccccc4)c3n2)cc1. The summed E-state index contributed by atoms with van der Waals surface area (Å²) in [6, 6.07) is 22.9. The Balaban J connectivity index is 1.76. The van der Waals surface area contributed by atoms with Crippen molar-refractivity contribution in [2.45, 2.75) is 18.7 Å². The van der Waals surface area contributed by atoms with Crippen molar-refractivity contribution in [3.05, 3.63) is 95.7 Å². The molecule has 2 aromatic heterocycles. The van der Waals surface area contributed by atoms with Gasteiger partial charge in [0.2, 0.25) is 5.95 Å². The van der Waals surface area contributed by atoms with Crippen LogP contribution in [0.5, 0.6) is 0 Å². The maximum Gasteiger partial charge on any atom is 0.269 e. The molecule has 0 fully saturated rings. The lowest BCUT2D eigenvalue weighted by Crippen LogP contribution is -2.16. The number of rotatable bonds is 6. The quantitative estimate of drug-likeness (QED) is 0.364. The molecule has 1 amide bonds. The van der Waals surface area contributed by atoms with Crippen molar-refractivity contribution < 1.29 is 13.2 Å². The van der Waals surface area contributed by atoms with Crippen LogP contribution in [0.2, 0.25) is 0 Å². The number of carbonyl (C=O) groups is 1. The molecule has 0 bridgehead atoms. The number of carbonyl (C=O) groups excluding carboxylic acids is 1. The van der Waals surface area contributed by atoms with E-state index in [0.29, 0.717) is 11.3 Å². The number of imidazole rings is 1. The first-order chi connectivity index (χ1) is 17.2. The third-order valence-corrected chi connectivity index (χ3v) is 6.97. The van der Waals surface area contributed by atoms with Crippen LogP contribution >= 0.6 is 0 Å². The molecule has 36 heavy (non-hydrogen) atoms. The van der Waals surface area contributed by atoms with E-state index in [4.69, 9.17) is 5.73 Å². The Hall–Kier alpha value is -4.57. The van der Waals surface area contributed by atoms with Crippen molar-refractivity contribution >= 4 is 33.0 Å². The molecule has 3 N–H and O–H groups in total. The minimum absolute atomic E-state index is 0.0466. The summed E-state index contributed by atoms with van der Waals surface area (Å²) in [6.07, 6.45) is 0. The van der Waals surface area contributed by atoms with E-state index in [0.717, 1.165) is 11.1 Å². The second-order valence-corrected chi connectivity index (χ2v) is 10.0. The highest BCUT2D eigenvalue weighted by Gasteiger charge is 2.25. The lowest BCUT2D eigenvalue weighted by Gasteiger charge is -2.11. The molecule has 10 heteroatoms. The third-order valence-electron chi connectivity index (χ3n) is 5.62. The molecule has 3 aromatic carbocycles. The Morgan fingerprint density at radius 3 is 2.06 bits per heavy atom. The number of benzene rings is 3. The number of hydrogen-bond acceptors (Lipinski definition) is 6. The second-order valence-electron chi connectivity index (χ2n) is 8.32. The number of primary amides is 1. The second kappa shape index (κ2) is 8.90. The normalized spacial score (nSPS) is 11.5. The molecule has 5 rings (SSSR count). The molecule has 0 aliphatic rings. The first kappa shape index (κ1) is 23.2. The Morgan fingerprint density at radius 1 is 0.833 bits per heavy atom. The molecule has 5 aromatic rings. The van der Waals surface area contributed by atoms with Crippen molar-refractivity contribution in [2.75, 3.05) is 4.72 Å². The topological polar surface area (TPSA) is 133 Å². The van der Waals surface area contributed by atoms with Gasteiger partial charge in [0, 0.05) is 5.56 Å². The summed E-state index contributed by atoms with van der Waals surface area (Å²) < 4.78 is 30.5. The first-order valence-corrected chi connectivity index (χ1v) is 12.5. The molecule has 0 radical (unpaired) electrons. The predicted molar refractivity (Wildman–Crippen MR) is 137 cm³/mol. The molecule has 180 valence electrons. The number of sulfonamides is 1. The molecule has 0 saturated carbocycles. The lowest BCUT2D eigenvalue weighted by molar-refractivity contribution is 0.0997. The van der Waals surface area contributed by atoms with Crippen LogP contribution in [0.25, 0.3) is 28.2 Å². The summed E-state index contributed by atoms with van der Waals surface area (Å²) in [7, 11) is -4.01. The number of anilines is 1. The molecule has 9 nitrogen and oxygen atoms in total. The Bertz CT molecular complexity index is 1700. The Morgan fingerprint density at radius 2 is 1.44 bits per heavy atom. The van der Waals surface area contributed by atoms with Crippen LogP contribution in [-0.2, 0) is 10.0 Å². The van der Waals surface area contributed by atoms with Crippen LogP contribution in [0.15, 0.2) is 83.8 Å². The Kier molecular flexibility index (Phi) is 5.73. The molecular weight excluding hydrogens is 476 g/mol. The summed E-state index contributed by atoms with van der Waals surface area (Å²) in [5.41, 5.74) is 9.12. The lowest BCUT2D eigenvalue weighted by atomic mass is 10.1. The highest BCUT2D eigenvalue weighted by molar-refractivity contribution is 7.92. The van der Waals surface area contributed by atoms with Gasteiger partial charge in [0.05, 0.1) is 10.6 Å². The average molecular weight is 499 g/mol. The number of aromatic nitrogens is 4. The van der Waals surface area contributed by atoms with E-state index in [9.17, 15) is 13.2 Å². The van der Waals surface area contributed by atoms with E-state index in [1.54, 1.807) is 36.4 Å². The van der Waals surface area contributed by atoms with Crippen molar-refractivity contribution in [3.8, 4) is 17.1 Å². The van der Waals surface area contributed by atoms with Gasteiger partial charge in [0.25, 0.3) is 15.9 Å². The summed E-state index contributed by atoms with van der Waals surface area (Å²) in [4.78, 5) is 25.9. The number of aryl methyl sites for hydroxylation is 2. The molecule has 0 unspecified atom stereocenters. The highest BCUT2D eigenvalue weighted by atomic mass is 32.2. The minimum atomic E-state index is -4.01. The first-order valence-electron chi connectivity index (χ1n) is 11.1. The van der Waals surface area contributed by atoms with Crippen molar-refractivity contribution in [3.63, 3.8) is 0 Å². The fourth-order valence-electron chi connectivity index (χ4n) is 3.75. The molecule has 2 heterocycles. The number of nitrogens with zero attached hydrogens (tertiary/aromatic N) is 4. The van der Waals surface area contributed by atoms with Crippen LogP contribution < -0.4 is 10.5 Å². The largest absolute Gasteiger partial charge is 0.364 e. The standard InChI is InChI=1S/C26H22N6O3S/c1-16-8-12-18(13-9-16)24-28-21(23(27)33)22-25(30-24)32(19-6-4-3-5-7-19)26(29-22)31-36(34,35)20-14-10-17(2)11-15-20/h3-15H,1-2H3,(H2,27,33)(H,29,31). The summed E-state index contributed by atoms with van der Waals surface area (Å²) >= 11 is 0. The highest BCUT2D eigenvalue weighted by Crippen LogP contribution is 2.29. The molecule has 0 atom stereocenters. The maximum atomic E-state index is 13.2. The van der Waals surface area contributed by atoms with Gasteiger partial charge >= 0.3 is 0 Å². The number of para-hydroxylation sites is 1. The van der Waals surface area contributed by atoms with E-state index < -0.39 is 15.9 Å². The molecule has 0 aliphatic heterocycles. The maximum absolute atomic E-state index is 13.2. The van der Waals surface area contributed by atoms with Gasteiger partial charge in [-0.2, -0.15) is 0 Å². The van der Waals surface area contributed by atoms with E-state index >= 15 is 0 Å². The predicted octanol–water partition coefficient (Wildman–Crippen LogP) is 4.00. The van der Waals surface area contributed by atoms with E-state index in [1.807, 2.05) is 44.2 Å². The van der Waals surface area contributed by atoms with Gasteiger partial charge < -0.3 is 5.73 Å². The number of nitrogens with one attached hydrogen (secondary N) is 1. The van der Waals surface area contributed by atoms with E-state index in [2.05, 4.69) is 19.7 Å². The number of amides is 1. The van der Waals surface area contributed by atoms with Gasteiger partial charge in [-0.1, -0.05) is 65.7 Å². The minimum Gasteiger partial charge on any atom is -0.364 e. The molecule has 0 spiro atoms. The monoisotopic (exact) mass is 498 g/mol. The van der Waals surface area contributed by atoms with Gasteiger partial charge in [-0.25, -0.2) is 28.1 Å². The van der Waals surface area contributed by atoms with Crippen LogP contribution in [-0.4, -0.2) is 33.8 Å². The van der Waals surface area contributed by atoms with E-state index in [1.165, 1.54) is 16.7 Å². The summed E-state index contributed by atoms with van der Waals surface area (Å²) in [5.74, 6) is -0.586. The van der Waals surface area contributed by atoms with Gasteiger partial charge in [0.1, 0.15) is 5.52 Å². The van der Waals surface area contributed by atoms with Gasteiger partial charge in [-0.05, 0) is 38.1 Å². The number of hydrogen-bond donors (Lipinski definition) is 2. The van der Waals surface area contributed by atoms with Gasteiger partial charge in [-0.15, -0.1) is 0 Å². The molecular formula is C26H22N6O3S. The van der Waals surface area contributed by atoms with Crippen LogP contribution in [0.4, 0.5) is 5.95 Å². The van der Waals surface area contributed by atoms with Gasteiger partial charge in [-0.3, -0.25) is 9.36 Å². The van der Waals surface area contributed by atoms with Crippen LogP contribution in [0.1, 0.15) is 21.6 Å². The van der Waals surface area contributed by atoms with Crippen LogP contribution in [0.3, 0.4) is 0 Å². The van der Waals surface area contributed by atoms with Crippen LogP contribution in [0, 0.1) is 13.8 Å². The van der Waals surface area contributed by atoms with Crippen molar-refractivity contribution in [2.24, 2.45) is 5.73 Å². The zero-order valence-electron chi connectivity index (χ0n) is 19.5.